The summed E-state index contributed by atoms with van der Waals surface area (Å²) in [5.41, 5.74) is 1.83. The Kier molecular flexibility index (Phi) is 5.13. The minimum Gasteiger partial charge on any atom is -0.370 e. The first-order chi connectivity index (χ1) is 11.8. The number of anilines is 1. The van der Waals surface area contributed by atoms with Gasteiger partial charge in [0, 0.05) is 43.5 Å². The first-order valence-corrected chi connectivity index (χ1v) is 9.14. The molecule has 2 aromatic heterocycles. The Morgan fingerprint density at radius 1 is 1.28 bits per heavy atom. The molecule has 0 radical (unpaired) electrons. The van der Waals surface area contributed by atoms with Gasteiger partial charge in [-0.1, -0.05) is 32.4 Å². The molecule has 3 rings (SSSR count). The zero-order chi connectivity index (χ0) is 18.0. The first kappa shape index (κ1) is 17.9. The summed E-state index contributed by atoms with van der Waals surface area (Å²) < 4.78 is 1.75. The predicted octanol–water partition coefficient (Wildman–Crippen LogP) is 3.51. The highest BCUT2D eigenvalue weighted by Crippen LogP contribution is 2.29. The standard InChI is InChI=1S/C19H25ClN4O/c1-19(2,3)17-10-18(25)24(13-22-17)12-14-5-8-23(9-6-14)16-4-7-21-11-15(16)20/h4,7,10-11,13-14H,5-6,8-9,12H2,1-3H3. The fourth-order valence-electron chi connectivity index (χ4n) is 3.23. The van der Waals surface area contributed by atoms with Crippen molar-refractivity contribution in [2.45, 2.75) is 45.6 Å². The fourth-order valence-corrected chi connectivity index (χ4v) is 3.47. The molecule has 5 nitrogen and oxygen atoms in total. The molecule has 1 fully saturated rings. The largest absolute Gasteiger partial charge is 0.370 e. The van der Waals surface area contributed by atoms with Crippen LogP contribution in [0.2, 0.25) is 5.02 Å². The molecule has 0 unspecified atom stereocenters. The maximum absolute atomic E-state index is 12.4. The second-order valence-electron chi connectivity index (χ2n) is 7.77. The van der Waals surface area contributed by atoms with Crippen molar-refractivity contribution in [3.05, 3.63) is 51.9 Å². The molecule has 0 bridgehead atoms. The molecule has 0 amide bonds. The Morgan fingerprint density at radius 2 is 2.00 bits per heavy atom. The predicted molar refractivity (Wildman–Crippen MR) is 101 cm³/mol. The van der Waals surface area contributed by atoms with E-state index in [9.17, 15) is 4.79 Å². The number of halogens is 1. The van der Waals surface area contributed by atoms with Crippen LogP contribution in [-0.4, -0.2) is 27.6 Å². The zero-order valence-corrected chi connectivity index (χ0v) is 15.8. The van der Waals surface area contributed by atoms with E-state index in [0.29, 0.717) is 10.9 Å². The van der Waals surface area contributed by atoms with E-state index in [-0.39, 0.29) is 11.0 Å². The smallest absolute Gasteiger partial charge is 0.253 e. The van der Waals surface area contributed by atoms with Gasteiger partial charge in [-0.2, -0.15) is 0 Å². The highest BCUT2D eigenvalue weighted by atomic mass is 35.5. The van der Waals surface area contributed by atoms with E-state index in [2.05, 4.69) is 35.6 Å². The SMILES string of the molecule is CC(C)(C)c1cc(=O)n(CC2CCN(c3ccncc3Cl)CC2)cn1. The summed E-state index contributed by atoms with van der Waals surface area (Å²) in [7, 11) is 0. The van der Waals surface area contributed by atoms with Crippen molar-refractivity contribution in [2.75, 3.05) is 18.0 Å². The number of pyridine rings is 1. The third-order valence-electron chi connectivity index (χ3n) is 4.81. The van der Waals surface area contributed by atoms with Crippen LogP contribution in [0.3, 0.4) is 0 Å². The van der Waals surface area contributed by atoms with Gasteiger partial charge in [0.25, 0.3) is 5.56 Å². The van der Waals surface area contributed by atoms with Crippen LogP contribution in [0.1, 0.15) is 39.3 Å². The van der Waals surface area contributed by atoms with Crippen molar-refractivity contribution in [1.82, 2.24) is 14.5 Å². The average molecular weight is 361 g/mol. The second-order valence-corrected chi connectivity index (χ2v) is 8.18. The molecule has 3 heterocycles. The van der Waals surface area contributed by atoms with Crippen molar-refractivity contribution in [3.8, 4) is 0 Å². The maximum Gasteiger partial charge on any atom is 0.253 e. The molecule has 0 N–H and O–H groups in total. The summed E-state index contributed by atoms with van der Waals surface area (Å²) in [5.74, 6) is 0.483. The summed E-state index contributed by atoms with van der Waals surface area (Å²) in [6.07, 6.45) is 7.23. The van der Waals surface area contributed by atoms with Gasteiger partial charge in [0.1, 0.15) is 0 Å². The van der Waals surface area contributed by atoms with Gasteiger partial charge in [-0.3, -0.25) is 14.3 Å². The van der Waals surface area contributed by atoms with Gasteiger partial charge in [-0.05, 0) is 24.8 Å². The highest BCUT2D eigenvalue weighted by molar-refractivity contribution is 6.33. The van der Waals surface area contributed by atoms with E-state index in [1.54, 1.807) is 29.4 Å². The van der Waals surface area contributed by atoms with Gasteiger partial charge in [-0.15, -0.1) is 0 Å². The number of hydrogen-bond acceptors (Lipinski definition) is 4. The summed E-state index contributed by atoms with van der Waals surface area (Å²) in [6.45, 7) is 8.82. The minimum absolute atomic E-state index is 0.0412. The third-order valence-corrected chi connectivity index (χ3v) is 5.10. The van der Waals surface area contributed by atoms with E-state index in [1.165, 1.54) is 0 Å². The van der Waals surface area contributed by atoms with Gasteiger partial charge in [0.2, 0.25) is 0 Å². The molecular formula is C19H25ClN4O. The molecule has 1 saturated heterocycles. The molecule has 0 atom stereocenters. The molecule has 25 heavy (non-hydrogen) atoms. The lowest BCUT2D eigenvalue weighted by Gasteiger charge is -2.34. The van der Waals surface area contributed by atoms with E-state index in [4.69, 9.17) is 11.6 Å². The molecule has 134 valence electrons. The Labute approximate surface area is 153 Å². The minimum atomic E-state index is -0.104. The lowest BCUT2D eigenvalue weighted by atomic mass is 9.92. The molecule has 0 aliphatic carbocycles. The fraction of sp³-hybridized carbons (Fsp3) is 0.526. The van der Waals surface area contributed by atoms with Crippen LogP contribution in [0, 0.1) is 5.92 Å². The van der Waals surface area contributed by atoms with Crippen LogP contribution in [0.4, 0.5) is 5.69 Å². The van der Waals surface area contributed by atoms with Crippen LogP contribution < -0.4 is 10.5 Å². The van der Waals surface area contributed by atoms with Crippen molar-refractivity contribution < 1.29 is 0 Å². The number of piperidine rings is 1. The molecule has 0 spiro atoms. The zero-order valence-electron chi connectivity index (χ0n) is 15.1. The van der Waals surface area contributed by atoms with Gasteiger partial charge in [0.05, 0.1) is 22.7 Å². The molecule has 6 heteroatoms. The van der Waals surface area contributed by atoms with Crippen molar-refractivity contribution in [3.63, 3.8) is 0 Å². The van der Waals surface area contributed by atoms with Crippen molar-refractivity contribution >= 4 is 17.3 Å². The monoisotopic (exact) mass is 360 g/mol. The Bertz CT molecular complexity index is 788. The maximum atomic E-state index is 12.4. The van der Waals surface area contributed by atoms with Crippen LogP contribution in [0.25, 0.3) is 0 Å². The molecule has 0 saturated carbocycles. The van der Waals surface area contributed by atoms with E-state index >= 15 is 0 Å². The Morgan fingerprint density at radius 3 is 2.60 bits per heavy atom. The van der Waals surface area contributed by atoms with E-state index in [1.807, 2.05) is 6.07 Å². The Hall–Kier alpha value is -1.88. The summed E-state index contributed by atoms with van der Waals surface area (Å²) >= 11 is 6.24. The van der Waals surface area contributed by atoms with E-state index < -0.39 is 0 Å². The number of hydrogen-bond donors (Lipinski definition) is 0. The summed E-state index contributed by atoms with van der Waals surface area (Å²) in [4.78, 5) is 23.2. The van der Waals surface area contributed by atoms with Gasteiger partial charge >= 0.3 is 0 Å². The molecule has 0 aromatic carbocycles. The lowest BCUT2D eigenvalue weighted by molar-refractivity contribution is 0.350. The summed E-state index contributed by atoms with van der Waals surface area (Å²) in [5, 5.41) is 0.694. The molecular weight excluding hydrogens is 336 g/mol. The van der Waals surface area contributed by atoms with Crippen molar-refractivity contribution in [1.29, 1.82) is 0 Å². The van der Waals surface area contributed by atoms with Crippen molar-refractivity contribution in [2.24, 2.45) is 5.92 Å². The van der Waals surface area contributed by atoms with Crippen LogP contribution >= 0.6 is 11.6 Å². The molecule has 1 aliphatic heterocycles. The van der Waals surface area contributed by atoms with E-state index in [0.717, 1.165) is 43.9 Å². The quantitative estimate of drug-likeness (QED) is 0.840. The topological polar surface area (TPSA) is 51.0 Å². The average Bonchev–Trinajstić information content (AvgIpc) is 2.57. The number of aromatic nitrogens is 3. The van der Waals surface area contributed by atoms with Crippen LogP contribution in [0.15, 0.2) is 35.6 Å². The second kappa shape index (κ2) is 7.16. The molecule has 2 aromatic rings. The van der Waals surface area contributed by atoms with Crippen LogP contribution in [0.5, 0.6) is 0 Å². The highest BCUT2D eigenvalue weighted by Gasteiger charge is 2.22. The normalized spacial score (nSPS) is 16.2. The number of nitrogens with zero attached hydrogens (tertiary/aromatic N) is 4. The lowest BCUT2D eigenvalue weighted by Crippen LogP contribution is -2.36. The van der Waals surface area contributed by atoms with Gasteiger partial charge in [0.15, 0.2) is 0 Å². The number of rotatable bonds is 3. The van der Waals surface area contributed by atoms with Crippen LogP contribution in [-0.2, 0) is 12.0 Å². The Balaban J connectivity index is 1.63. The first-order valence-electron chi connectivity index (χ1n) is 8.76. The summed E-state index contributed by atoms with van der Waals surface area (Å²) in [6, 6.07) is 3.63. The molecule has 1 aliphatic rings. The third kappa shape index (κ3) is 4.21. The van der Waals surface area contributed by atoms with Gasteiger partial charge in [-0.25, -0.2) is 4.98 Å². The van der Waals surface area contributed by atoms with Gasteiger partial charge < -0.3 is 4.90 Å².